The topological polar surface area (TPSA) is 29.3 Å². The third kappa shape index (κ3) is 3.97. The van der Waals surface area contributed by atoms with Crippen LogP contribution in [-0.2, 0) is 6.42 Å². The first-order valence-electron chi connectivity index (χ1n) is 7.72. The van der Waals surface area contributed by atoms with Crippen molar-refractivity contribution in [3.63, 3.8) is 0 Å². The van der Waals surface area contributed by atoms with Crippen LogP contribution in [0.5, 0.6) is 0 Å². The van der Waals surface area contributed by atoms with Gasteiger partial charge in [-0.2, -0.15) is 0 Å². The standard InChI is InChI=1S/C17H28N2/c1-3-15-7-9-16(10-8-15)19(2)14-13-17(18)11-5-4-6-12-17/h7-10H,3-6,11-14,18H2,1-2H3. The molecule has 0 radical (unpaired) electrons. The zero-order valence-electron chi connectivity index (χ0n) is 12.5. The van der Waals surface area contributed by atoms with Gasteiger partial charge in [-0.3, -0.25) is 0 Å². The molecule has 0 heterocycles. The van der Waals surface area contributed by atoms with E-state index in [9.17, 15) is 0 Å². The van der Waals surface area contributed by atoms with E-state index in [1.807, 2.05) is 0 Å². The van der Waals surface area contributed by atoms with Gasteiger partial charge in [-0.25, -0.2) is 0 Å². The van der Waals surface area contributed by atoms with Gasteiger partial charge in [0.2, 0.25) is 0 Å². The zero-order chi connectivity index (χ0) is 13.7. The first-order chi connectivity index (χ1) is 9.13. The van der Waals surface area contributed by atoms with E-state index in [2.05, 4.69) is 43.1 Å². The van der Waals surface area contributed by atoms with Crippen LogP contribution in [0.4, 0.5) is 5.69 Å². The Morgan fingerprint density at radius 2 is 1.74 bits per heavy atom. The summed E-state index contributed by atoms with van der Waals surface area (Å²) in [7, 11) is 2.17. The normalized spacial score (nSPS) is 18.3. The molecule has 2 heteroatoms. The van der Waals surface area contributed by atoms with Crippen molar-refractivity contribution in [2.24, 2.45) is 5.73 Å². The summed E-state index contributed by atoms with van der Waals surface area (Å²) in [6.45, 7) is 3.25. The predicted octanol–water partition coefficient (Wildman–Crippen LogP) is 3.74. The summed E-state index contributed by atoms with van der Waals surface area (Å²) in [6, 6.07) is 8.90. The average Bonchev–Trinajstić information content (AvgIpc) is 2.46. The molecule has 2 nitrogen and oxygen atoms in total. The molecule has 0 aliphatic heterocycles. The minimum absolute atomic E-state index is 0.0931. The van der Waals surface area contributed by atoms with Crippen LogP contribution in [0, 0.1) is 0 Å². The molecule has 1 aliphatic rings. The van der Waals surface area contributed by atoms with Crippen LogP contribution in [-0.4, -0.2) is 19.1 Å². The van der Waals surface area contributed by atoms with Crippen molar-refractivity contribution in [1.29, 1.82) is 0 Å². The van der Waals surface area contributed by atoms with E-state index in [1.165, 1.54) is 43.4 Å². The summed E-state index contributed by atoms with van der Waals surface area (Å²) in [4.78, 5) is 2.34. The van der Waals surface area contributed by atoms with Gasteiger partial charge in [0.1, 0.15) is 0 Å². The van der Waals surface area contributed by atoms with Gasteiger partial charge >= 0.3 is 0 Å². The Bertz CT molecular complexity index is 377. The van der Waals surface area contributed by atoms with Crippen molar-refractivity contribution in [2.75, 3.05) is 18.5 Å². The Hall–Kier alpha value is -1.02. The molecule has 1 aromatic rings. The van der Waals surface area contributed by atoms with Crippen LogP contribution in [0.1, 0.15) is 51.0 Å². The summed E-state index contributed by atoms with van der Waals surface area (Å²) >= 11 is 0. The Morgan fingerprint density at radius 3 is 2.32 bits per heavy atom. The smallest absolute Gasteiger partial charge is 0.0363 e. The van der Waals surface area contributed by atoms with Gasteiger partial charge in [0, 0.05) is 24.8 Å². The fraction of sp³-hybridized carbons (Fsp3) is 0.647. The summed E-state index contributed by atoms with van der Waals surface area (Å²) in [5.41, 5.74) is 9.30. The molecular formula is C17H28N2. The third-order valence-corrected chi connectivity index (χ3v) is 4.58. The Morgan fingerprint density at radius 1 is 1.11 bits per heavy atom. The number of benzene rings is 1. The van der Waals surface area contributed by atoms with Crippen molar-refractivity contribution < 1.29 is 0 Å². The fourth-order valence-electron chi connectivity index (χ4n) is 3.01. The molecule has 0 saturated heterocycles. The molecule has 0 bridgehead atoms. The SMILES string of the molecule is CCc1ccc(N(C)CCC2(N)CCCCC2)cc1. The van der Waals surface area contributed by atoms with Crippen LogP contribution < -0.4 is 10.6 Å². The molecule has 2 N–H and O–H groups in total. The van der Waals surface area contributed by atoms with Crippen LogP contribution in [0.25, 0.3) is 0 Å². The number of nitrogens with zero attached hydrogens (tertiary/aromatic N) is 1. The molecule has 1 fully saturated rings. The highest BCUT2D eigenvalue weighted by Gasteiger charge is 2.27. The summed E-state index contributed by atoms with van der Waals surface area (Å²) in [6.07, 6.45) is 8.62. The van der Waals surface area contributed by atoms with Crippen molar-refractivity contribution in [3.8, 4) is 0 Å². The third-order valence-electron chi connectivity index (χ3n) is 4.58. The van der Waals surface area contributed by atoms with E-state index in [0.717, 1.165) is 19.4 Å². The van der Waals surface area contributed by atoms with Crippen molar-refractivity contribution >= 4 is 5.69 Å². The minimum atomic E-state index is 0.0931. The molecule has 1 aliphatic carbocycles. The van der Waals surface area contributed by atoms with E-state index in [-0.39, 0.29) is 5.54 Å². The van der Waals surface area contributed by atoms with Crippen molar-refractivity contribution in [2.45, 2.75) is 57.4 Å². The van der Waals surface area contributed by atoms with Gasteiger partial charge in [0.15, 0.2) is 0 Å². The second kappa shape index (κ2) is 6.42. The molecule has 0 unspecified atom stereocenters. The van der Waals surface area contributed by atoms with Crippen molar-refractivity contribution in [3.05, 3.63) is 29.8 Å². The second-order valence-electron chi connectivity index (χ2n) is 6.11. The monoisotopic (exact) mass is 260 g/mol. The molecule has 0 amide bonds. The lowest BCUT2D eigenvalue weighted by Crippen LogP contribution is -2.44. The van der Waals surface area contributed by atoms with E-state index in [0.29, 0.717) is 0 Å². The number of hydrogen-bond acceptors (Lipinski definition) is 2. The Labute approximate surface area is 118 Å². The van der Waals surface area contributed by atoms with E-state index < -0.39 is 0 Å². The summed E-state index contributed by atoms with van der Waals surface area (Å²) in [5.74, 6) is 0. The molecule has 0 atom stereocenters. The molecule has 0 spiro atoms. The minimum Gasteiger partial charge on any atom is -0.375 e. The largest absolute Gasteiger partial charge is 0.375 e. The lowest BCUT2D eigenvalue weighted by molar-refractivity contribution is 0.280. The maximum atomic E-state index is 6.50. The molecular weight excluding hydrogens is 232 g/mol. The molecule has 0 aromatic heterocycles. The highest BCUT2D eigenvalue weighted by molar-refractivity contribution is 5.46. The van der Waals surface area contributed by atoms with Crippen LogP contribution in [0.3, 0.4) is 0 Å². The fourth-order valence-corrected chi connectivity index (χ4v) is 3.01. The number of aryl methyl sites for hydroxylation is 1. The molecule has 1 saturated carbocycles. The van der Waals surface area contributed by atoms with E-state index in [4.69, 9.17) is 5.73 Å². The quantitative estimate of drug-likeness (QED) is 0.874. The van der Waals surface area contributed by atoms with Gasteiger partial charge in [-0.1, -0.05) is 38.3 Å². The molecule has 2 rings (SSSR count). The Balaban J connectivity index is 1.87. The van der Waals surface area contributed by atoms with Gasteiger partial charge in [0.05, 0.1) is 0 Å². The lowest BCUT2D eigenvalue weighted by Gasteiger charge is -2.35. The maximum absolute atomic E-state index is 6.50. The highest BCUT2D eigenvalue weighted by atomic mass is 15.1. The van der Waals surface area contributed by atoms with Gasteiger partial charge in [-0.15, -0.1) is 0 Å². The first-order valence-corrected chi connectivity index (χ1v) is 7.72. The highest BCUT2D eigenvalue weighted by Crippen LogP contribution is 2.29. The number of anilines is 1. The average molecular weight is 260 g/mol. The summed E-state index contributed by atoms with van der Waals surface area (Å²) < 4.78 is 0. The van der Waals surface area contributed by atoms with Gasteiger partial charge < -0.3 is 10.6 Å². The van der Waals surface area contributed by atoms with Gasteiger partial charge in [0.25, 0.3) is 0 Å². The summed E-state index contributed by atoms with van der Waals surface area (Å²) in [5, 5.41) is 0. The molecule has 19 heavy (non-hydrogen) atoms. The second-order valence-corrected chi connectivity index (χ2v) is 6.11. The van der Waals surface area contributed by atoms with E-state index in [1.54, 1.807) is 0 Å². The molecule has 1 aromatic carbocycles. The number of rotatable bonds is 5. The van der Waals surface area contributed by atoms with Gasteiger partial charge in [-0.05, 0) is 43.4 Å². The molecule has 106 valence electrons. The van der Waals surface area contributed by atoms with E-state index >= 15 is 0 Å². The zero-order valence-corrected chi connectivity index (χ0v) is 12.5. The Kier molecular flexibility index (Phi) is 4.87. The predicted molar refractivity (Wildman–Crippen MR) is 83.7 cm³/mol. The number of hydrogen-bond donors (Lipinski definition) is 1. The van der Waals surface area contributed by atoms with Crippen LogP contribution in [0.15, 0.2) is 24.3 Å². The van der Waals surface area contributed by atoms with Crippen molar-refractivity contribution in [1.82, 2.24) is 0 Å². The lowest BCUT2D eigenvalue weighted by atomic mass is 9.80. The maximum Gasteiger partial charge on any atom is 0.0363 e. The van der Waals surface area contributed by atoms with Crippen LogP contribution >= 0.6 is 0 Å². The first kappa shape index (κ1) is 14.4. The number of nitrogens with two attached hydrogens (primary N) is 1. The van der Waals surface area contributed by atoms with Crippen LogP contribution in [0.2, 0.25) is 0 Å².